The van der Waals surface area contributed by atoms with Crippen LogP contribution >= 0.6 is 0 Å². The molecule has 1 heterocycles. The summed E-state index contributed by atoms with van der Waals surface area (Å²) in [6.45, 7) is 5.15. The highest BCUT2D eigenvalue weighted by atomic mass is 16.2. The molecule has 144 valence electrons. The number of para-hydroxylation sites is 1. The number of carbonyl (C=O) groups is 1. The largest absolute Gasteiger partial charge is 0.367 e. The first-order valence-corrected chi connectivity index (χ1v) is 9.61. The van der Waals surface area contributed by atoms with Gasteiger partial charge in [0.05, 0.1) is 0 Å². The Balaban J connectivity index is 1.40. The third-order valence-electron chi connectivity index (χ3n) is 4.96. The number of anilines is 1. The standard InChI is InChI=1S/C22H30N4O/c1-17-14-20-6-4-5-7-21(20)26(17)13-12-23-22(27)24-15-18-8-10-19(11-9-18)16-25(2)3/h4-11,17H,12-16H2,1-3H3,(H2,23,24,27). The average molecular weight is 367 g/mol. The molecule has 1 aliphatic rings. The Morgan fingerprint density at radius 3 is 2.52 bits per heavy atom. The number of benzene rings is 2. The molecule has 0 radical (unpaired) electrons. The van der Waals surface area contributed by atoms with Crippen molar-refractivity contribution in [1.82, 2.24) is 15.5 Å². The third kappa shape index (κ3) is 5.23. The molecule has 0 saturated heterocycles. The summed E-state index contributed by atoms with van der Waals surface area (Å²) in [6, 6.07) is 17.3. The monoisotopic (exact) mass is 366 g/mol. The number of hydrogen-bond donors (Lipinski definition) is 2. The summed E-state index contributed by atoms with van der Waals surface area (Å²) in [6.07, 6.45) is 1.08. The maximum Gasteiger partial charge on any atom is 0.315 e. The van der Waals surface area contributed by atoms with E-state index in [1.54, 1.807) is 0 Å². The summed E-state index contributed by atoms with van der Waals surface area (Å²) in [4.78, 5) is 16.6. The molecule has 2 N–H and O–H groups in total. The van der Waals surface area contributed by atoms with Crippen molar-refractivity contribution < 1.29 is 4.79 Å². The SMILES string of the molecule is CC1Cc2ccccc2N1CCNC(=O)NCc1ccc(CN(C)C)cc1. The molecule has 0 fully saturated rings. The smallest absolute Gasteiger partial charge is 0.315 e. The summed E-state index contributed by atoms with van der Waals surface area (Å²) in [5, 5.41) is 5.91. The van der Waals surface area contributed by atoms with E-state index in [1.807, 2.05) is 0 Å². The van der Waals surface area contributed by atoms with E-state index in [2.05, 4.69) is 90.0 Å². The average Bonchev–Trinajstić information content (AvgIpc) is 2.96. The predicted octanol–water partition coefficient (Wildman–Crippen LogP) is 3.00. The van der Waals surface area contributed by atoms with Gasteiger partial charge >= 0.3 is 6.03 Å². The van der Waals surface area contributed by atoms with Gasteiger partial charge in [-0.05, 0) is 50.2 Å². The van der Waals surface area contributed by atoms with Crippen LogP contribution in [0.4, 0.5) is 10.5 Å². The van der Waals surface area contributed by atoms with E-state index >= 15 is 0 Å². The lowest BCUT2D eigenvalue weighted by Gasteiger charge is -2.25. The van der Waals surface area contributed by atoms with Gasteiger partial charge in [-0.1, -0.05) is 42.5 Å². The number of urea groups is 1. The molecule has 2 aromatic rings. The molecule has 1 atom stereocenters. The van der Waals surface area contributed by atoms with Gasteiger partial charge in [0.15, 0.2) is 0 Å². The summed E-state index contributed by atoms with van der Waals surface area (Å²) in [5.41, 5.74) is 5.07. The van der Waals surface area contributed by atoms with Crippen LogP contribution in [0.1, 0.15) is 23.6 Å². The Morgan fingerprint density at radius 1 is 1.07 bits per heavy atom. The number of amides is 2. The van der Waals surface area contributed by atoms with E-state index < -0.39 is 0 Å². The first-order valence-electron chi connectivity index (χ1n) is 9.61. The molecule has 1 unspecified atom stereocenters. The van der Waals surface area contributed by atoms with E-state index in [9.17, 15) is 4.79 Å². The van der Waals surface area contributed by atoms with Crippen molar-refractivity contribution in [3.63, 3.8) is 0 Å². The van der Waals surface area contributed by atoms with E-state index in [-0.39, 0.29) is 6.03 Å². The van der Waals surface area contributed by atoms with Crippen molar-refractivity contribution >= 4 is 11.7 Å². The number of fused-ring (bicyclic) bond motifs is 1. The lowest BCUT2D eigenvalue weighted by molar-refractivity contribution is 0.240. The van der Waals surface area contributed by atoms with E-state index in [0.29, 0.717) is 19.1 Å². The second-order valence-electron chi connectivity index (χ2n) is 7.54. The van der Waals surface area contributed by atoms with Gasteiger partial charge in [-0.3, -0.25) is 0 Å². The van der Waals surface area contributed by atoms with Crippen LogP contribution in [0.2, 0.25) is 0 Å². The zero-order valence-electron chi connectivity index (χ0n) is 16.5. The fraction of sp³-hybridized carbons (Fsp3) is 0.409. The summed E-state index contributed by atoms with van der Waals surface area (Å²) in [5.74, 6) is 0. The fourth-order valence-electron chi connectivity index (χ4n) is 3.63. The second kappa shape index (κ2) is 8.91. The van der Waals surface area contributed by atoms with Crippen LogP contribution in [0.3, 0.4) is 0 Å². The first kappa shape index (κ1) is 19.2. The van der Waals surface area contributed by atoms with Gasteiger partial charge < -0.3 is 20.4 Å². The Kier molecular flexibility index (Phi) is 6.35. The highest BCUT2D eigenvalue weighted by molar-refractivity contribution is 5.73. The topological polar surface area (TPSA) is 47.6 Å². The molecule has 0 bridgehead atoms. The normalized spacial score (nSPS) is 15.7. The molecule has 27 heavy (non-hydrogen) atoms. The lowest BCUT2D eigenvalue weighted by atomic mass is 10.1. The Labute approximate surface area is 162 Å². The van der Waals surface area contributed by atoms with Crippen LogP contribution in [-0.2, 0) is 19.5 Å². The maximum absolute atomic E-state index is 12.1. The third-order valence-corrected chi connectivity index (χ3v) is 4.96. The number of carbonyl (C=O) groups excluding carboxylic acids is 1. The number of nitrogens with zero attached hydrogens (tertiary/aromatic N) is 2. The van der Waals surface area contributed by atoms with Crippen molar-refractivity contribution in [2.75, 3.05) is 32.1 Å². The minimum atomic E-state index is -0.118. The molecular weight excluding hydrogens is 336 g/mol. The van der Waals surface area contributed by atoms with E-state index in [0.717, 1.165) is 25.1 Å². The minimum absolute atomic E-state index is 0.118. The lowest BCUT2D eigenvalue weighted by Crippen LogP contribution is -2.41. The van der Waals surface area contributed by atoms with Gasteiger partial charge in [-0.25, -0.2) is 4.79 Å². The molecule has 3 rings (SSSR count). The van der Waals surface area contributed by atoms with Crippen molar-refractivity contribution in [3.05, 3.63) is 65.2 Å². The van der Waals surface area contributed by atoms with Crippen molar-refractivity contribution in [2.24, 2.45) is 0 Å². The number of hydrogen-bond acceptors (Lipinski definition) is 3. The summed E-state index contributed by atoms with van der Waals surface area (Å²) >= 11 is 0. The molecule has 0 aromatic heterocycles. The summed E-state index contributed by atoms with van der Waals surface area (Å²) < 4.78 is 0. The van der Waals surface area contributed by atoms with Crippen LogP contribution < -0.4 is 15.5 Å². The van der Waals surface area contributed by atoms with Crippen molar-refractivity contribution in [3.8, 4) is 0 Å². The van der Waals surface area contributed by atoms with Crippen LogP contribution in [0.15, 0.2) is 48.5 Å². The molecule has 1 aliphatic heterocycles. The Bertz CT molecular complexity index is 757. The van der Waals surface area contributed by atoms with E-state index in [1.165, 1.54) is 16.8 Å². The Morgan fingerprint density at radius 2 is 1.78 bits per heavy atom. The molecule has 0 saturated carbocycles. The zero-order valence-corrected chi connectivity index (χ0v) is 16.5. The van der Waals surface area contributed by atoms with Crippen LogP contribution in [-0.4, -0.2) is 44.2 Å². The molecular formula is C22H30N4O. The fourth-order valence-corrected chi connectivity index (χ4v) is 3.63. The molecule has 0 aliphatic carbocycles. The minimum Gasteiger partial charge on any atom is -0.367 e. The number of rotatable bonds is 7. The van der Waals surface area contributed by atoms with Gasteiger partial charge in [0.2, 0.25) is 0 Å². The maximum atomic E-state index is 12.1. The van der Waals surface area contributed by atoms with Crippen molar-refractivity contribution in [2.45, 2.75) is 32.5 Å². The highest BCUT2D eigenvalue weighted by Crippen LogP contribution is 2.31. The quantitative estimate of drug-likeness (QED) is 0.792. The van der Waals surface area contributed by atoms with E-state index in [4.69, 9.17) is 0 Å². The Hall–Kier alpha value is -2.53. The van der Waals surface area contributed by atoms with Crippen LogP contribution in [0.5, 0.6) is 0 Å². The van der Waals surface area contributed by atoms with Gasteiger partial charge in [-0.15, -0.1) is 0 Å². The highest BCUT2D eigenvalue weighted by Gasteiger charge is 2.24. The molecule has 5 heteroatoms. The molecule has 2 aromatic carbocycles. The van der Waals surface area contributed by atoms with Crippen LogP contribution in [0, 0.1) is 0 Å². The molecule has 5 nitrogen and oxygen atoms in total. The summed E-state index contributed by atoms with van der Waals surface area (Å²) in [7, 11) is 4.11. The van der Waals surface area contributed by atoms with Crippen LogP contribution in [0.25, 0.3) is 0 Å². The predicted molar refractivity (Wildman–Crippen MR) is 111 cm³/mol. The van der Waals surface area contributed by atoms with Gasteiger partial charge in [0.25, 0.3) is 0 Å². The van der Waals surface area contributed by atoms with Gasteiger partial charge in [-0.2, -0.15) is 0 Å². The molecule has 2 amide bonds. The second-order valence-corrected chi connectivity index (χ2v) is 7.54. The molecule has 0 spiro atoms. The van der Waals surface area contributed by atoms with Gasteiger partial charge in [0.1, 0.15) is 0 Å². The van der Waals surface area contributed by atoms with Gasteiger partial charge in [0, 0.05) is 37.9 Å². The number of nitrogens with one attached hydrogen (secondary N) is 2. The first-order chi connectivity index (χ1) is 13.0. The zero-order chi connectivity index (χ0) is 19.2. The van der Waals surface area contributed by atoms with Crippen molar-refractivity contribution in [1.29, 1.82) is 0 Å².